The maximum atomic E-state index is 10.8. The zero-order valence-corrected chi connectivity index (χ0v) is 12.0. The average Bonchev–Trinajstić information content (AvgIpc) is 2.82. The van der Waals surface area contributed by atoms with E-state index in [2.05, 4.69) is 18.7 Å². The van der Waals surface area contributed by atoms with Gasteiger partial charge in [0.15, 0.2) is 0 Å². The van der Waals surface area contributed by atoms with Crippen molar-refractivity contribution in [1.29, 1.82) is 0 Å². The zero-order valence-electron chi connectivity index (χ0n) is 12.0. The number of carbonyl (C=O) groups is 1. The number of furan rings is 1. The number of aromatic carboxylic acids is 1. The van der Waals surface area contributed by atoms with Crippen molar-refractivity contribution in [3.8, 4) is 0 Å². The van der Waals surface area contributed by atoms with Crippen LogP contribution in [0.15, 0.2) is 16.5 Å². The topological polar surface area (TPSA) is 62.9 Å². The summed E-state index contributed by atoms with van der Waals surface area (Å²) in [6, 6.07) is 3.26. The number of hydrogen-bond donors (Lipinski definition) is 1. The van der Waals surface area contributed by atoms with Crippen molar-refractivity contribution in [3.05, 3.63) is 23.7 Å². The van der Waals surface area contributed by atoms with E-state index in [1.807, 2.05) is 6.92 Å². The van der Waals surface area contributed by atoms with E-state index in [4.69, 9.17) is 14.3 Å². The Balaban J connectivity index is 2.77. The van der Waals surface area contributed by atoms with E-state index in [-0.39, 0.29) is 11.8 Å². The summed E-state index contributed by atoms with van der Waals surface area (Å²) in [6.07, 6.45) is 0. The number of ether oxygens (including phenoxy) is 1. The van der Waals surface area contributed by atoms with Crippen LogP contribution in [0.4, 0.5) is 0 Å². The van der Waals surface area contributed by atoms with Gasteiger partial charge in [-0.3, -0.25) is 4.90 Å². The summed E-state index contributed by atoms with van der Waals surface area (Å²) in [4.78, 5) is 13.1. The lowest BCUT2D eigenvalue weighted by Gasteiger charge is -2.29. The molecule has 19 heavy (non-hydrogen) atoms. The Kier molecular flexibility index (Phi) is 6.05. The molecule has 5 heteroatoms. The molecule has 108 valence electrons. The van der Waals surface area contributed by atoms with Crippen LogP contribution in [0, 0.1) is 5.92 Å². The summed E-state index contributed by atoms with van der Waals surface area (Å²) in [7, 11) is 1.67. The van der Waals surface area contributed by atoms with Gasteiger partial charge in [-0.15, -0.1) is 0 Å². The third-order valence-electron chi connectivity index (χ3n) is 2.98. The molecule has 1 aromatic rings. The van der Waals surface area contributed by atoms with E-state index in [9.17, 15) is 4.79 Å². The Bertz CT molecular complexity index is 400. The summed E-state index contributed by atoms with van der Waals surface area (Å²) in [5.41, 5.74) is 0. The molecule has 0 aliphatic carbocycles. The predicted octanol–water partition coefficient (Wildman–Crippen LogP) is 2.64. The lowest BCUT2D eigenvalue weighted by atomic mass is 10.1. The standard InChI is InChI=1S/C14H23NO4/c1-10(2)9-15(7-8-18-4)11(3)12-5-6-13(19-12)14(16)17/h5-6,10-11H,7-9H2,1-4H3,(H,16,17). The Hall–Kier alpha value is -1.33. The highest BCUT2D eigenvalue weighted by molar-refractivity contribution is 5.84. The number of methoxy groups -OCH3 is 1. The number of nitrogens with zero attached hydrogens (tertiary/aromatic N) is 1. The van der Waals surface area contributed by atoms with Crippen LogP contribution in [-0.4, -0.2) is 42.8 Å². The van der Waals surface area contributed by atoms with Gasteiger partial charge in [0.1, 0.15) is 5.76 Å². The fourth-order valence-electron chi connectivity index (χ4n) is 1.99. The van der Waals surface area contributed by atoms with Gasteiger partial charge in [-0.2, -0.15) is 0 Å². The SMILES string of the molecule is COCCN(CC(C)C)C(C)c1ccc(C(=O)O)o1. The first-order valence-electron chi connectivity index (χ1n) is 6.51. The largest absolute Gasteiger partial charge is 0.475 e. The second-order valence-electron chi connectivity index (χ2n) is 5.06. The van der Waals surface area contributed by atoms with E-state index in [0.29, 0.717) is 18.3 Å². The number of carboxylic acid groups (broad SMARTS) is 1. The minimum atomic E-state index is -1.04. The lowest BCUT2D eigenvalue weighted by molar-refractivity contribution is 0.0651. The Morgan fingerprint density at radius 3 is 2.58 bits per heavy atom. The van der Waals surface area contributed by atoms with Crippen LogP contribution < -0.4 is 0 Å². The molecule has 5 nitrogen and oxygen atoms in total. The minimum absolute atomic E-state index is 0.0157. The van der Waals surface area contributed by atoms with Gasteiger partial charge in [0.2, 0.25) is 5.76 Å². The normalized spacial score (nSPS) is 13.2. The van der Waals surface area contributed by atoms with Crippen molar-refractivity contribution >= 4 is 5.97 Å². The Morgan fingerprint density at radius 1 is 1.42 bits per heavy atom. The molecular weight excluding hydrogens is 246 g/mol. The first-order valence-corrected chi connectivity index (χ1v) is 6.51. The maximum absolute atomic E-state index is 10.8. The highest BCUT2D eigenvalue weighted by atomic mass is 16.5. The predicted molar refractivity (Wildman–Crippen MR) is 72.4 cm³/mol. The molecule has 0 saturated carbocycles. The van der Waals surface area contributed by atoms with Gasteiger partial charge in [0.25, 0.3) is 0 Å². The van der Waals surface area contributed by atoms with E-state index in [1.54, 1.807) is 13.2 Å². The van der Waals surface area contributed by atoms with Crippen molar-refractivity contribution in [1.82, 2.24) is 4.90 Å². The van der Waals surface area contributed by atoms with Gasteiger partial charge in [-0.05, 0) is 25.0 Å². The molecule has 0 saturated heterocycles. The molecule has 1 aromatic heterocycles. The van der Waals surface area contributed by atoms with Crippen LogP contribution >= 0.6 is 0 Å². The van der Waals surface area contributed by atoms with Crippen LogP contribution in [-0.2, 0) is 4.74 Å². The van der Waals surface area contributed by atoms with E-state index >= 15 is 0 Å². The lowest BCUT2D eigenvalue weighted by Crippen LogP contribution is -2.33. The molecule has 0 aromatic carbocycles. The van der Waals surface area contributed by atoms with Gasteiger partial charge >= 0.3 is 5.97 Å². The summed E-state index contributed by atoms with van der Waals surface area (Å²) in [5.74, 6) is 0.145. The maximum Gasteiger partial charge on any atom is 0.371 e. The van der Waals surface area contributed by atoms with Crippen LogP contribution in [0.5, 0.6) is 0 Å². The number of hydrogen-bond acceptors (Lipinski definition) is 4. The molecule has 0 aliphatic rings. The van der Waals surface area contributed by atoms with Crippen molar-refractivity contribution in [2.24, 2.45) is 5.92 Å². The smallest absolute Gasteiger partial charge is 0.371 e. The Labute approximate surface area is 114 Å². The van der Waals surface area contributed by atoms with Crippen molar-refractivity contribution in [2.75, 3.05) is 26.8 Å². The average molecular weight is 269 g/mol. The second kappa shape index (κ2) is 7.31. The molecule has 0 bridgehead atoms. The van der Waals surface area contributed by atoms with Gasteiger partial charge in [-0.25, -0.2) is 4.79 Å². The molecular formula is C14H23NO4. The van der Waals surface area contributed by atoms with Crippen LogP contribution in [0.25, 0.3) is 0 Å². The summed E-state index contributed by atoms with van der Waals surface area (Å²) >= 11 is 0. The van der Waals surface area contributed by atoms with Gasteiger partial charge in [0, 0.05) is 20.2 Å². The molecule has 0 spiro atoms. The summed E-state index contributed by atoms with van der Waals surface area (Å²) in [5, 5.41) is 8.88. The highest BCUT2D eigenvalue weighted by Crippen LogP contribution is 2.23. The first-order chi connectivity index (χ1) is 8.95. The van der Waals surface area contributed by atoms with E-state index < -0.39 is 5.97 Å². The molecule has 0 aliphatic heterocycles. The molecule has 0 amide bonds. The van der Waals surface area contributed by atoms with E-state index in [1.165, 1.54) is 6.07 Å². The van der Waals surface area contributed by atoms with E-state index in [0.717, 1.165) is 13.1 Å². The first kappa shape index (κ1) is 15.7. The zero-order chi connectivity index (χ0) is 14.4. The van der Waals surface area contributed by atoms with Crippen molar-refractivity contribution < 1.29 is 19.1 Å². The van der Waals surface area contributed by atoms with Crippen molar-refractivity contribution in [3.63, 3.8) is 0 Å². The molecule has 1 unspecified atom stereocenters. The third-order valence-corrected chi connectivity index (χ3v) is 2.98. The molecule has 1 atom stereocenters. The third kappa shape index (κ3) is 4.69. The molecule has 1 N–H and O–H groups in total. The van der Waals surface area contributed by atoms with Crippen molar-refractivity contribution in [2.45, 2.75) is 26.8 Å². The van der Waals surface area contributed by atoms with Crippen LogP contribution in [0.3, 0.4) is 0 Å². The number of rotatable bonds is 8. The summed E-state index contributed by atoms with van der Waals surface area (Å²) < 4.78 is 10.5. The Morgan fingerprint density at radius 2 is 2.11 bits per heavy atom. The fraction of sp³-hybridized carbons (Fsp3) is 0.643. The highest BCUT2D eigenvalue weighted by Gasteiger charge is 2.21. The molecule has 0 fully saturated rings. The monoisotopic (exact) mass is 269 g/mol. The molecule has 1 rings (SSSR count). The summed E-state index contributed by atoms with van der Waals surface area (Å²) in [6.45, 7) is 8.66. The van der Waals surface area contributed by atoms with Gasteiger partial charge in [0.05, 0.1) is 12.6 Å². The number of carboxylic acids is 1. The van der Waals surface area contributed by atoms with Crippen LogP contribution in [0.1, 0.15) is 43.1 Å². The second-order valence-corrected chi connectivity index (χ2v) is 5.06. The van der Waals surface area contributed by atoms with Crippen LogP contribution in [0.2, 0.25) is 0 Å². The van der Waals surface area contributed by atoms with Gasteiger partial charge in [-0.1, -0.05) is 13.8 Å². The minimum Gasteiger partial charge on any atom is -0.475 e. The fourth-order valence-corrected chi connectivity index (χ4v) is 1.99. The quantitative estimate of drug-likeness (QED) is 0.786. The molecule has 1 heterocycles. The molecule has 0 radical (unpaired) electrons. The van der Waals surface area contributed by atoms with Gasteiger partial charge < -0.3 is 14.3 Å².